The van der Waals surface area contributed by atoms with Gasteiger partial charge in [0.15, 0.2) is 6.29 Å². The van der Waals surface area contributed by atoms with Gasteiger partial charge in [0.25, 0.3) is 0 Å². The summed E-state index contributed by atoms with van der Waals surface area (Å²) in [6, 6.07) is 13.7. The summed E-state index contributed by atoms with van der Waals surface area (Å²) < 4.78 is 0. The largest absolute Gasteiger partial charge is 0.353 e. The van der Waals surface area contributed by atoms with Crippen LogP contribution < -0.4 is 26.6 Å². The Bertz CT molecular complexity index is 1000. The molecule has 0 saturated carbocycles. The van der Waals surface area contributed by atoms with Crippen LogP contribution in [0.25, 0.3) is 0 Å². The topological polar surface area (TPSA) is 111 Å². The lowest BCUT2D eigenvalue weighted by atomic mass is 9.81. The smallest absolute Gasteiger partial charge is 0.229 e. The maximum atomic E-state index is 12.9. The second-order valence-electron chi connectivity index (χ2n) is 7.14. The van der Waals surface area contributed by atoms with E-state index in [9.17, 15) is 14.4 Å². The number of carbonyl (C=O) groups is 3. The molecule has 0 radical (unpaired) electrons. The summed E-state index contributed by atoms with van der Waals surface area (Å²) in [4.78, 5) is 38.0. The van der Waals surface area contributed by atoms with E-state index in [4.69, 9.17) is 23.2 Å². The van der Waals surface area contributed by atoms with Gasteiger partial charge in [-0.2, -0.15) is 0 Å². The first-order valence-electron chi connectivity index (χ1n) is 9.33. The van der Waals surface area contributed by atoms with E-state index in [1.54, 1.807) is 48.5 Å². The lowest BCUT2D eigenvalue weighted by molar-refractivity contribution is -0.144. The van der Waals surface area contributed by atoms with E-state index in [-0.39, 0.29) is 18.2 Å². The van der Waals surface area contributed by atoms with Crippen LogP contribution in [0.2, 0.25) is 10.0 Å². The van der Waals surface area contributed by atoms with Gasteiger partial charge in [-0.1, -0.05) is 35.3 Å². The van der Waals surface area contributed by atoms with Crippen LogP contribution in [-0.2, 0) is 14.4 Å². The van der Waals surface area contributed by atoms with Crippen LogP contribution in [-0.4, -0.2) is 30.2 Å². The van der Waals surface area contributed by atoms with E-state index < -0.39 is 30.2 Å². The minimum Gasteiger partial charge on any atom is -0.353 e. The zero-order chi connectivity index (χ0) is 21.3. The van der Waals surface area contributed by atoms with E-state index in [0.29, 0.717) is 21.4 Å². The molecule has 2 aromatic carbocycles. The summed E-state index contributed by atoms with van der Waals surface area (Å²) in [5.41, 5.74) is 1.19. The third-order valence-corrected chi connectivity index (χ3v) is 5.48. The highest BCUT2D eigenvalue weighted by atomic mass is 35.5. The Morgan fingerprint density at radius 3 is 2.33 bits per heavy atom. The van der Waals surface area contributed by atoms with Gasteiger partial charge in [-0.15, -0.1) is 0 Å². The molecule has 0 bridgehead atoms. The fourth-order valence-corrected chi connectivity index (χ4v) is 4.08. The molecule has 0 spiro atoms. The number of fused-ring (bicyclic) bond motifs is 1. The minimum atomic E-state index is -0.831. The molecule has 2 aromatic rings. The molecular weight excluding hydrogens is 429 g/mol. The Morgan fingerprint density at radius 1 is 0.967 bits per heavy atom. The number of halogens is 2. The molecule has 2 fully saturated rings. The van der Waals surface area contributed by atoms with Crippen LogP contribution >= 0.6 is 23.2 Å². The van der Waals surface area contributed by atoms with Crippen molar-refractivity contribution in [2.45, 2.75) is 18.9 Å². The lowest BCUT2D eigenvalue weighted by Crippen LogP contribution is -2.72. The Hall–Kier alpha value is -2.81. The van der Waals surface area contributed by atoms with Crippen molar-refractivity contribution in [1.82, 2.24) is 16.0 Å². The number of anilines is 2. The summed E-state index contributed by atoms with van der Waals surface area (Å²) in [7, 11) is 0. The van der Waals surface area contributed by atoms with E-state index >= 15 is 0 Å². The van der Waals surface area contributed by atoms with Gasteiger partial charge in [-0.05, 0) is 36.4 Å². The average molecular weight is 448 g/mol. The number of amides is 3. The monoisotopic (exact) mass is 447 g/mol. The van der Waals surface area contributed by atoms with E-state index in [2.05, 4.69) is 26.6 Å². The van der Waals surface area contributed by atoms with Gasteiger partial charge < -0.3 is 21.3 Å². The Labute approximate surface area is 182 Å². The Balaban J connectivity index is 1.48. The first-order valence-corrected chi connectivity index (χ1v) is 10.1. The SMILES string of the molecule is O=C1CC(C(=O)Nc2cccc(Cl)c2)C2C(=O)NC(Nc3cccc(Cl)c3)NC2N1. The van der Waals surface area contributed by atoms with Crippen LogP contribution in [0.15, 0.2) is 48.5 Å². The number of piperidine rings is 1. The normalized spacial score (nSPS) is 25.5. The van der Waals surface area contributed by atoms with Crippen molar-refractivity contribution in [1.29, 1.82) is 0 Å². The summed E-state index contributed by atoms with van der Waals surface area (Å²) in [6.45, 7) is 0. The van der Waals surface area contributed by atoms with Gasteiger partial charge in [-0.25, -0.2) is 0 Å². The number of rotatable bonds is 4. The van der Waals surface area contributed by atoms with Crippen molar-refractivity contribution in [3.8, 4) is 0 Å². The predicted molar refractivity (Wildman–Crippen MR) is 114 cm³/mol. The molecule has 5 N–H and O–H groups in total. The second-order valence-corrected chi connectivity index (χ2v) is 8.02. The van der Waals surface area contributed by atoms with Crippen molar-refractivity contribution in [2.75, 3.05) is 10.6 Å². The highest BCUT2D eigenvalue weighted by Gasteiger charge is 2.48. The van der Waals surface area contributed by atoms with Crippen molar-refractivity contribution >= 4 is 52.3 Å². The quantitative estimate of drug-likeness (QED) is 0.492. The summed E-state index contributed by atoms with van der Waals surface area (Å²) in [6.07, 6.45) is -1.44. The number of nitrogens with one attached hydrogen (secondary N) is 5. The molecule has 8 nitrogen and oxygen atoms in total. The molecule has 156 valence electrons. The van der Waals surface area contributed by atoms with Gasteiger partial charge in [0.1, 0.15) is 0 Å². The molecule has 10 heteroatoms. The summed E-state index contributed by atoms with van der Waals surface area (Å²) in [5, 5.41) is 15.5. The van der Waals surface area contributed by atoms with E-state index in [0.717, 1.165) is 0 Å². The fraction of sp³-hybridized carbons (Fsp3) is 0.250. The predicted octanol–water partition coefficient (Wildman–Crippen LogP) is 2.13. The van der Waals surface area contributed by atoms with Gasteiger partial charge in [0.2, 0.25) is 17.7 Å². The third kappa shape index (κ3) is 4.51. The number of carbonyl (C=O) groups excluding carboxylic acids is 3. The Kier molecular flexibility index (Phi) is 5.80. The standard InChI is InChI=1S/C20H19Cl2N5O3/c21-10-3-1-5-12(7-10)23-18(29)14-9-15(28)25-17-16(14)19(30)27-20(26-17)24-13-6-2-4-11(22)8-13/h1-8,14,16-17,20,24,26H,9H2,(H,23,29)(H,25,28)(H,27,30). The van der Waals surface area contributed by atoms with E-state index in [1.165, 1.54) is 0 Å². The van der Waals surface area contributed by atoms with Gasteiger partial charge >= 0.3 is 0 Å². The fourth-order valence-electron chi connectivity index (χ4n) is 3.70. The number of hydrogen-bond acceptors (Lipinski definition) is 5. The number of benzene rings is 2. The molecular formula is C20H19Cl2N5O3. The van der Waals surface area contributed by atoms with E-state index in [1.807, 2.05) is 0 Å². The highest BCUT2D eigenvalue weighted by molar-refractivity contribution is 6.31. The van der Waals surface area contributed by atoms with Crippen LogP contribution in [0.4, 0.5) is 11.4 Å². The van der Waals surface area contributed by atoms with Gasteiger partial charge in [0.05, 0.1) is 18.0 Å². The highest BCUT2D eigenvalue weighted by Crippen LogP contribution is 2.28. The van der Waals surface area contributed by atoms with Crippen molar-refractivity contribution in [3.05, 3.63) is 58.6 Å². The molecule has 4 unspecified atom stereocenters. The van der Waals surface area contributed by atoms with Gasteiger partial charge in [-0.3, -0.25) is 19.7 Å². The maximum absolute atomic E-state index is 12.9. The first-order chi connectivity index (χ1) is 14.4. The molecule has 2 heterocycles. The molecule has 2 aliphatic rings. The van der Waals surface area contributed by atoms with Crippen molar-refractivity contribution in [3.63, 3.8) is 0 Å². The average Bonchev–Trinajstić information content (AvgIpc) is 2.67. The second kappa shape index (κ2) is 8.51. The maximum Gasteiger partial charge on any atom is 0.229 e. The molecule has 0 aliphatic carbocycles. The van der Waals surface area contributed by atoms with Crippen LogP contribution in [0.5, 0.6) is 0 Å². The third-order valence-electron chi connectivity index (χ3n) is 5.01. The zero-order valence-corrected chi connectivity index (χ0v) is 17.1. The van der Waals surface area contributed by atoms with Crippen molar-refractivity contribution < 1.29 is 14.4 Å². The molecule has 0 aromatic heterocycles. The van der Waals surface area contributed by atoms with Crippen LogP contribution in [0, 0.1) is 11.8 Å². The molecule has 4 rings (SSSR count). The molecule has 4 atom stereocenters. The zero-order valence-electron chi connectivity index (χ0n) is 15.6. The molecule has 3 amide bonds. The van der Waals surface area contributed by atoms with Crippen LogP contribution in [0.1, 0.15) is 6.42 Å². The number of hydrogen-bond donors (Lipinski definition) is 5. The summed E-state index contributed by atoms with van der Waals surface area (Å²) >= 11 is 12.0. The van der Waals surface area contributed by atoms with Gasteiger partial charge in [0, 0.05) is 27.8 Å². The molecule has 30 heavy (non-hydrogen) atoms. The summed E-state index contributed by atoms with van der Waals surface area (Å²) in [5.74, 6) is -2.67. The molecule has 2 aliphatic heterocycles. The minimum absolute atomic E-state index is 0.0882. The lowest BCUT2D eigenvalue weighted by Gasteiger charge is -2.43. The van der Waals surface area contributed by atoms with Crippen LogP contribution in [0.3, 0.4) is 0 Å². The first kappa shape index (κ1) is 20.5. The Morgan fingerprint density at radius 2 is 1.63 bits per heavy atom. The van der Waals surface area contributed by atoms with Crippen molar-refractivity contribution in [2.24, 2.45) is 11.8 Å². The molecule has 2 saturated heterocycles.